The number of anilines is 1. The van der Waals surface area contributed by atoms with Crippen LogP contribution in [0.15, 0.2) is 51.5 Å². The van der Waals surface area contributed by atoms with Crippen LogP contribution in [0.5, 0.6) is 0 Å². The number of hydrogen-bond donors (Lipinski definition) is 2. The fraction of sp³-hybridized carbons (Fsp3) is 0.211. The van der Waals surface area contributed by atoms with E-state index in [4.69, 9.17) is 4.42 Å². The minimum Gasteiger partial charge on any atom is -0.445 e. The van der Waals surface area contributed by atoms with E-state index in [9.17, 15) is 4.79 Å². The summed E-state index contributed by atoms with van der Waals surface area (Å²) in [6.07, 6.45) is 5.25. The van der Waals surface area contributed by atoms with Gasteiger partial charge in [-0.25, -0.2) is 9.97 Å². The van der Waals surface area contributed by atoms with Crippen molar-refractivity contribution in [2.75, 3.05) is 5.32 Å². The summed E-state index contributed by atoms with van der Waals surface area (Å²) >= 11 is 3.03. The Bertz CT molecular complexity index is 1080. The molecule has 4 aromatic rings. The van der Waals surface area contributed by atoms with Crippen molar-refractivity contribution in [3.63, 3.8) is 0 Å². The molecular formula is C19H18N4O2S2. The van der Waals surface area contributed by atoms with Gasteiger partial charge < -0.3 is 9.40 Å². The number of H-pyrrole nitrogens is 1. The molecule has 0 atom stereocenters. The molecule has 6 nitrogen and oxygen atoms in total. The number of nitrogens with one attached hydrogen (secondary N) is 2. The maximum atomic E-state index is 12.5. The van der Waals surface area contributed by atoms with Gasteiger partial charge >= 0.3 is 0 Å². The maximum Gasteiger partial charge on any atom is 0.259 e. The fourth-order valence-corrected chi connectivity index (χ4v) is 4.32. The van der Waals surface area contributed by atoms with Gasteiger partial charge in [-0.3, -0.25) is 10.1 Å². The molecule has 0 fully saturated rings. The molecule has 3 heterocycles. The number of rotatable bonds is 6. The van der Waals surface area contributed by atoms with Gasteiger partial charge in [-0.05, 0) is 6.07 Å². The highest BCUT2D eigenvalue weighted by molar-refractivity contribution is 8.00. The standard InChI is InChI=1S/C19H18N4O2S2/c1-11(2)15-8-21-16(25-15)10-26-17-9-22-19(27-17)23-18(24)13-7-20-14-6-4-3-5-12(13)14/h3-9,11,20H,10H2,1-2H3,(H,22,23,24). The Morgan fingerprint density at radius 1 is 1.30 bits per heavy atom. The van der Waals surface area contributed by atoms with Crippen LogP contribution in [-0.2, 0) is 5.75 Å². The first kappa shape index (κ1) is 17.8. The van der Waals surface area contributed by atoms with Crippen molar-refractivity contribution in [3.05, 3.63) is 60.1 Å². The van der Waals surface area contributed by atoms with Gasteiger partial charge in [-0.2, -0.15) is 0 Å². The number of thioether (sulfide) groups is 1. The molecule has 1 aromatic carbocycles. The van der Waals surface area contributed by atoms with Crippen molar-refractivity contribution in [2.45, 2.75) is 29.7 Å². The lowest BCUT2D eigenvalue weighted by molar-refractivity contribution is 0.102. The summed E-state index contributed by atoms with van der Waals surface area (Å²) in [6.45, 7) is 4.15. The predicted molar refractivity (Wildman–Crippen MR) is 109 cm³/mol. The number of amides is 1. The van der Waals surface area contributed by atoms with Crippen LogP contribution < -0.4 is 5.32 Å². The Morgan fingerprint density at radius 2 is 2.15 bits per heavy atom. The number of nitrogens with zero attached hydrogens (tertiary/aromatic N) is 2. The van der Waals surface area contributed by atoms with Gasteiger partial charge in [-0.1, -0.05) is 43.4 Å². The molecule has 1 amide bonds. The normalized spacial score (nSPS) is 11.4. The number of hydrogen-bond acceptors (Lipinski definition) is 6. The van der Waals surface area contributed by atoms with E-state index in [0.29, 0.717) is 28.3 Å². The topological polar surface area (TPSA) is 83.8 Å². The van der Waals surface area contributed by atoms with Crippen molar-refractivity contribution in [3.8, 4) is 0 Å². The average Bonchev–Trinajstić information content (AvgIpc) is 3.39. The van der Waals surface area contributed by atoms with E-state index in [1.54, 1.807) is 30.4 Å². The van der Waals surface area contributed by atoms with E-state index in [1.165, 1.54) is 11.3 Å². The van der Waals surface area contributed by atoms with E-state index in [2.05, 4.69) is 34.1 Å². The highest BCUT2D eigenvalue weighted by Gasteiger charge is 2.14. The monoisotopic (exact) mass is 398 g/mol. The number of para-hydroxylation sites is 1. The average molecular weight is 399 g/mol. The minimum absolute atomic E-state index is 0.173. The number of thiazole rings is 1. The summed E-state index contributed by atoms with van der Waals surface area (Å²) in [6, 6.07) is 7.71. The van der Waals surface area contributed by atoms with Gasteiger partial charge in [0.2, 0.25) is 5.89 Å². The summed E-state index contributed by atoms with van der Waals surface area (Å²) in [7, 11) is 0. The largest absolute Gasteiger partial charge is 0.445 e. The van der Waals surface area contributed by atoms with Crippen molar-refractivity contribution in [2.24, 2.45) is 0 Å². The van der Waals surface area contributed by atoms with Crippen molar-refractivity contribution >= 4 is 45.0 Å². The number of carbonyl (C=O) groups is 1. The number of oxazole rings is 1. The lowest BCUT2D eigenvalue weighted by atomic mass is 10.2. The van der Waals surface area contributed by atoms with Gasteiger partial charge in [0.15, 0.2) is 5.13 Å². The first-order valence-electron chi connectivity index (χ1n) is 8.51. The fourth-order valence-electron chi connectivity index (χ4n) is 2.60. The summed E-state index contributed by atoms with van der Waals surface area (Å²) in [5.41, 5.74) is 1.54. The van der Waals surface area contributed by atoms with Crippen LogP contribution in [0, 0.1) is 0 Å². The highest BCUT2D eigenvalue weighted by atomic mass is 32.2. The van der Waals surface area contributed by atoms with Crippen molar-refractivity contribution in [1.29, 1.82) is 0 Å². The number of aromatic amines is 1. The first-order valence-corrected chi connectivity index (χ1v) is 10.3. The smallest absolute Gasteiger partial charge is 0.259 e. The molecule has 0 unspecified atom stereocenters. The Kier molecular flexibility index (Phi) is 5.00. The first-order chi connectivity index (χ1) is 13.1. The predicted octanol–water partition coefficient (Wildman–Crippen LogP) is 5.28. The van der Waals surface area contributed by atoms with Crippen molar-refractivity contribution in [1.82, 2.24) is 15.0 Å². The van der Waals surface area contributed by atoms with Crippen LogP contribution in [0.25, 0.3) is 10.9 Å². The third kappa shape index (κ3) is 3.91. The molecule has 0 saturated carbocycles. The third-order valence-electron chi connectivity index (χ3n) is 4.02. The summed E-state index contributed by atoms with van der Waals surface area (Å²) in [5, 5.41) is 4.34. The van der Waals surface area contributed by atoms with E-state index in [0.717, 1.165) is 20.9 Å². The van der Waals surface area contributed by atoms with Crippen LogP contribution in [0.4, 0.5) is 5.13 Å². The highest BCUT2D eigenvalue weighted by Crippen LogP contribution is 2.31. The van der Waals surface area contributed by atoms with Gasteiger partial charge in [0.1, 0.15) is 5.76 Å². The second kappa shape index (κ2) is 7.58. The van der Waals surface area contributed by atoms with E-state index in [1.807, 2.05) is 24.3 Å². The van der Waals surface area contributed by atoms with Crippen LogP contribution >= 0.6 is 23.1 Å². The molecule has 0 aliphatic heterocycles. The van der Waals surface area contributed by atoms with Gasteiger partial charge in [0.05, 0.1) is 27.9 Å². The van der Waals surface area contributed by atoms with E-state index < -0.39 is 0 Å². The van der Waals surface area contributed by atoms with Gasteiger partial charge in [0, 0.05) is 23.0 Å². The van der Waals surface area contributed by atoms with Crippen LogP contribution in [-0.4, -0.2) is 20.9 Å². The second-order valence-corrected chi connectivity index (χ2v) is 8.59. The number of fused-ring (bicyclic) bond motifs is 1. The van der Waals surface area contributed by atoms with E-state index >= 15 is 0 Å². The molecule has 8 heteroatoms. The second-order valence-electron chi connectivity index (χ2n) is 6.29. The Labute approximate surface area is 164 Å². The lowest BCUT2D eigenvalue weighted by Gasteiger charge is -2.00. The maximum absolute atomic E-state index is 12.5. The molecule has 4 rings (SSSR count). The van der Waals surface area contributed by atoms with Crippen LogP contribution in [0.3, 0.4) is 0 Å². The molecule has 0 aliphatic carbocycles. The van der Waals surface area contributed by atoms with E-state index in [-0.39, 0.29) is 5.91 Å². The zero-order valence-corrected chi connectivity index (χ0v) is 16.5. The minimum atomic E-state index is -0.173. The summed E-state index contributed by atoms with van der Waals surface area (Å²) < 4.78 is 6.70. The number of benzene rings is 1. The summed E-state index contributed by atoms with van der Waals surface area (Å²) in [4.78, 5) is 24.2. The Morgan fingerprint density at radius 3 is 2.96 bits per heavy atom. The van der Waals surface area contributed by atoms with Crippen LogP contribution in [0.2, 0.25) is 0 Å². The molecule has 27 heavy (non-hydrogen) atoms. The zero-order chi connectivity index (χ0) is 18.8. The van der Waals surface area contributed by atoms with Crippen molar-refractivity contribution < 1.29 is 9.21 Å². The molecule has 3 aromatic heterocycles. The van der Waals surface area contributed by atoms with Gasteiger partial charge in [-0.15, -0.1) is 11.8 Å². The lowest BCUT2D eigenvalue weighted by Crippen LogP contribution is -2.10. The molecule has 0 saturated heterocycles. The zero-order valence-electron chi connectivity index (χ0n) is 14.9. The SMILES string of the molecule is CC(C)c1cnc(CSc2cnc(NC(=O)c3c[nH]c4ccccc34)s2)o1. The molecule has 0 spiro atoms. The molecule has 138 valence electrons. The third-order valence-corrected chi connectivity index (χ3v) is 6.11. The molecule has 2 N–H and O–H groups in total. The molecule has 0 radical (unpaired) electrons. The number of aromatic nitrogens is 3. The van der Waals surface area contributed by atoms with Crippen LogP contribution in [0.1, 0.15) is 41.8 Å². The molecule has 0 bridgehead atoms. The number of carbonyl (C=O) groups excluding carboxylic acids is 1. The molecular weight excluding hydrogens is 380 g/mol. The molecule has 0 aliphatic rings. The van der Waals surface area contributed by atoms with Gasteiger partial charge in [0.25, 0.3) is 5.91 Å². The summed E-state index contributed by atoms with van der Waals surface area (Å²) in [5.74, 6) is 2.37. The Balaban J connectivity index is 1.39. The Hall–Kier alpha value is -2.58. The quantitative estimate of drug-likeness (QED) is 0.432.